The normalized spacial score (nSPS) is 24.9. The summed E-state index contributed by atoms with van der Waals surface area (Å²) in [5, 5.41) is 4.79. The Bertz CT molecular complexity index is 729. The molecule has 0 aromatic carbocycles. The molecule has 1 aliphatic heterocycles. The third-order valence-corrected chi connectivity index (χ3v) is 4.75. The molecule has 122 valence electrons. The number of aryl methyl sites for hydroxylation is 1. The lowest BCUT2D eigenvalue weighted by molar-refractivity contribution is -0.0468. The van der Waals surface area contributed by atoms with E-state index in [1.165, 1.54) is 0 Å². The number of anilines is 1. The second-order valence-electron chi connectivity index (χ2n) is 6.58. The number of aromatic nitrogens is 4. The predicted octanol–water partition coefficient (Wildman–Crippen LogP) is 2.49. The Morgan fingerprint density at radius 3 is 2.87 bits per heavy atom. The van der Waals surface area contributed by atoms with Crippen molar-refractivity contribution in [2.75, 3.05) is 24.6 Å². The monoisotopic (exact) mass is 333 g/mol. The van der Waals surface area contributed by atoms with Gasteiger partial charge in [-0.05, 0) is 19.8 Å². The Morgan fingerprint density at radius 1 is 1.35 bits per heavy atom. The summed E-state index contributed by atoms with van der Waals surface area (Å²) in [4.78, 5) is 11.3. The van der Waals surface area contributed by atoms with Crippen LogP contribution < -0.4 is 4.90 Å². The third kappa shape index (κ3) is 2.93. The van der Waals surface area contributed by atoms with Crippen molar-refractivity contribution >= 4 is 17.4 Å². The van der Waals surface area contributed by atoms with Crippen molar-refractivity contribution in [1.82, 2.24) is 19.7 Å². The van der Waals surface area contributed by atoms with E-state index in [9.17, 15) is 0 Å². The number of hydrogen-bond donors (Lipinski definition) is 0. The molecular formula is C16H20ClN5O. The van der Waals surface area contributed by atoms with Crippen LogP contribution in [0.1, 0.15) is 37.1 Å². The van der Waals surface area contributed by atoms with Gasteiger partial charge in [0.2, 0.25) is 0 Å². The van der Waals surface area contributed by atoms with Crippen molar-refractivity contribution in [3.8, 4) is 0 Å². The van der Waals surface area contributed by atoms with Crippen molar-refractivity contribution in [3.05, 3.63) is 35.0 Å². The highest BCUT2D eigenvalue weighted by molar-refractivity contribution is 6.29. The second kappa shape index (κ2) is 5.46. The number of hydrogen-bond acceptors (Lipinski definition) is 5. The Labute approximate surface area is 140 Å². The summed E-state index contributed by atoms with van der Waals surface area (Å²) in [7, 11) is 1.92. The summed E-state index contributed by atoms with van der Waals surface area (Å²) in [6, 6.07) is 1.85. The molecule has 0 radical (unpaired) electrons. The van der Waals surface area contributed by atoms with E-state index in [4.69, 9.17) is 21.3 Å². The van der Waals surface area contributed by atoms with Crippen LogP contribution >= 0.6 is 11.6 Å². The van der Waals surface area contributed by atoms with Gasteiger partial charge in [0.15, 0.2) is 0 Å². The van der Waals surface area contributed by atoms with Crippen LogP contribution in [0.2, 0.25) is 5.15 Å². The van der Waals surface area contributed by atoms with Crippen LogP contribution in [0, 0.1) is 0 Å². The Hall–Kier alpha value is -1.66. The van der Waals surface area contributed by atoms with E-state index >= 15 is 0 Å². The molecule has 0 bridgehead atoms. The van der Waals surface area contributed by atoms with Gasteiger partial charge in [-0.3, -0.25) is 4.68 Å². The molecular weight excluding hydrogens is 314 g/mol. The maximum Gasteiger partial charge on any atom is 0.135 e. The topological polar surface area (TPSA) is 56.1 Å². The lowest BCUT2D eigenvalue weighted by atomic mass is 9.97. The summed E-state index contributed by atoms with van der Waals surface area (Å²) in [6.45, 7) is 4.26. The molecule has 1 saturated heterocycles. The fraction of sp³-hybridized carbons (Fsp3) is 0.562. The first-order valence-electron chi connectivity index (χ1n) is 7.96. The van der Waals surface area contributed by atoms with Crippen LogP contribution in [0.15, 0.2) is 18.5 Å². The quantitative estimate of drug-likeness (QED) is 0.808. The highest BCUT2D eigenvalue weighted by Gasteiger charge is 2.36. The molecule has 1 aliphatic carbocycles. The second-order valence-corrected chi connectivity index (χ2v) is 6.97. The number of halogens is 1. The van der Waals surface area contributed by atoms with Crippen LogP contribution in [-0.4, -0.2) is 39.4 Å². The Kier molecular flexibility index (Phi) is 3.54. The molecule has 2 fully saturated rings. The molecule has 1 unspecified atom stereocenters. The zero-order valence-corrected chi connectivity index (χ0v) is 14.1. The van der Waals surface area contributed by atoms with E-state index < -0.39 is 5.60 Å². The van der Waals surface area contributed by atoms with E-state index in [0.29, 0.717) is 17.7 Å². The van der Waals surface area contributed by atoms with Crippen LogP contribution in [0.5, 0.6) is 0 Å². The molecule has 7 heteroatoms. The zero-order valence-electron chi connectivity index (χ0n) is 13.4. The van der Waals surface area contributed by atoms with Gasteiger partial charge in [0.05, 0.1) is 19.3 Å². The van der Waals surface area contributed by atoms with Gasteiger partial charge >= 0.3 is 0 Å². The van der Waals surface area contributed by atoms with E-state index in [0.717, 1.165) is 43.1 Å². The molecule has 0 spiro atoms. The maximum atomic E-state index is 6.21. The molecule has 3 heterocycles. The molecule has 2 aromatic heterocycles. The van der Waals surface area contributed by atoms with Crippen LogP contribution in [-0.2, 0) is 17.4 Å². The van der Waals surface area contributed by atoms with Gasteiger partial charge in [0.1, 0.15) is 22.4 Å². The first-order valence-corrected chi connectivity index (χ1v) is 8.34. The van der Waals surface area contributed by atoms with Crippen LogP contribution in [0.25, 0.3) is 0 Å². The average Bonchev–Trinajstić information content (AvgIpc) is 3.28. The molecule has 6 nitrogen and oxygen atoms in total. The molecule has 1 atom stereocenters. The number of nitrogens with zero attached hydrogens (tertiary/aromatic N) is 5. The molecule has 2 aliphatic rings. The third-order valence-electron chi connectivity index (χ3n) is 4.56. The summed E-state index contributed by atoms with van der Waals surface area (Å²) < 4.78 is 7.87. The zero-order chi connectivity index (χ0) is 16.0. The number of rotatable bonds is 3. The standard InChI is InChI=1S/C16H20ClN5O/c1-16(12-8-18-21(2)9-12)10-22(5-6-23-16)14-7-13(17)19-15(20-14)11-3-4-11/h7-9,11H,3-6,10H2,1-2H3. The summed E-state index contributed by atoms with van der Waals surface area (Å²) in [5.74, 6) is 2.26. The van der Waals surface area contributed by atoms with Crippen molar-refractivity contribution in [2.45, 2.75) is 31.3 Å². The van der Waals surface area contributed by atoms with Crippen molar-refractivity contribution in [2.24, 2.45) is 7.05 Å². The molecule has 2 aromatic rings. The number of morpholine rings is 1. The van der Waals surface area contributed by atoms with E-state index in [2.05, 4.69) is 21.9 Å². The lowest BCUT2D eigenvalue weighted by Crippen LogP contribution is -2.48. The van der Waals surface area contributed by atoms with Crippen LogP contribution in [0.3, 0.4) is 0 Å². The summed E-state index contributed by atoms with van der Waals surface area (Å²) >= 11 is 6.21. The molecule has 1 saturated carbocycles. The largest absolute Gasteiger partial charge is 0.367 e. The van der Waals surface area contributed by atoms with E-state index in [1.807, 2.05) is 25.5 Å². The SMILES string of the molecule is Cn1cc(C2(C)CN(c3cc(Cl)nc(C4CC4)n3)CCO2)cn1. The lowest BCUT2D eigenvalue weighted by Gasteiger charge is -2.40. The van der Waals surface area contributed by atoms with Gasteiger partial charge in [-0.15, -0.1) is 0 Å². The minimum atomic E-state index is -0.399. The number of ether oxygens (including phenoxy) is 1. The minimum absolute atomic E-state index is 0.399. The molecule has 23 heavy (non-hydrogen) atoms. The van der Waals surface area contributed by atoms with Crippen LogP contribution in [0.4, 0.5) is 5.82 Å². The minimum Gasteiger partial charge on any atom is -0.367 e. The van der Waals surface area contributed by atoms with Crippen molar-refractivity contribution in [3.63, 3.8) is 0 Å². The summed E-state index contributed by atoms with van der Waals surface area (Å²) in [5.41, 5.74) is 0.677. The fourth-order valence-corrected chi connectivity index (χ4v) is 3.23. The summed E-state index contributed by atoms with van der Waals surface area (Å²) in [6.07, 6.45) is 6.20. The van der Waals surface area contributed by atoms with Gasteiger partial charge in [0, 0.05) is 37.3 Å². The smallest absolute Gasteiger partial charge is 0.135 e. The van der Waals surface area contributed by atoms with Gasteiger partial charge in [0.25, 0.3) is 0 Å². The van der Waals surface area contributed by atoms with E-state index in [1.54, 1.807) is 4.68 Å². The first-order chi connectivity index (χ1) is 11.0. The van der Waals surface area contributed by atoms with Gasteiger partial charge in [-0.2, -0.15) is 5.10 Å². The maximum absolute atomic E-state index is 6.21. The highest BCUT2D eigenvalue weighted by atomic mass is 35.5. The molecule has 0 N–H and O–H groups in total. The Balaban J connectivity index is 1.62. The predicted molar refractivity (Wildman–Crippen MR) is 87.7 cm³/mol. The first kappa shape index (κ1) is 14.9. The molecule has 0 amide bonds. The highest BCUT2D eigenvalue weighted by Crippen LogP contribution is 2.39. The molecule has 4 rings (SSSR count). The van der Waals surface area contributed by atoms with Gasteiger partial charge in [-0.1, -0.05) is 11.6 Å². The van der Waals surface area contributed by atoms with Gasteiger partial charge in [-0.25, -0.2) is 9.97 Å². The van der Waals surface area contributed by atoms with E-state index in [-0.39, 0.29) is 0 Å². The van der Waals surface area contributed by atoms with Crippen molar-refractivity contribution in [1.29, 1.82) is 0 Å². The van der Waals surface area contributed by atoms with Gasteiger partial charge < -0.3 is 9.64 Å². The Morgan fingerprint density at radius 2 is 2.17 bits per heavy atom. The average molecular weight is 334 g/mol. The fourth-order valence-electron chi connectivity index (χ4n) is 3.04. The van der Waals surface area contributed by atoms with Crippen molar-refractivity contribution < 1.29 is 4.74 Å².